The summed E-state index contributed by atoms with van der Waals surface area (Å²) in [6.07, 6.45) is -0.130. The van der Waals surface area contributed by atoms with Gasteiger partial charge in [-0.1, -0.05) is 48.6 Å². The van der Waals surface area contributed by atoms with Crippen LogP contribution in [0.25, 0.3) is 0 Å². The average molecular weight is 376 g/mol. The van der Waals surface area contributed by atoms with Crippen LogP contribution in [-0.2, 0) is 9.53 Å². The number of rotatable bonds is 8. The van der Waals surface area contributed by atoms with Crippen molar-refractivity contribution in [3.05, 3.63) is 63.0 Å². The van der Waals surface area contributed by atoms with Crippen LogP contribution in [0.4, 0.5) is 5.00 Å². The Kier molecular flexibility index (Phi) is 6.85. The van der Waals surface area contributed by atoms with E-state index in [-0.39, 0.29) is 15.8 Å². The van der Waals surface area contributed by atoms with E-state index in [9.17, 15) is 19.7 Å². The van der Waals surface area contributed by atoms with Gasteiger partial charge in [0.1, 0.15) is 4.88 Å². The molecule has 0 radical (unpaired) electrons. The average Bonchev–Trinajstić information content (AvgIpc) is 3.13. The number of benzene rings is 1. The number of hydrogen-bond acceptors (Lipinski definition) is 6. The van der Waals surface area contributed by atoms with E-state index in [1.54, 1.807) is 0 Å². The summed E-state index contributed by atoms with van der Waals surface area (Å²) in [5.74, 6) is -0.984. The number of esters is 1. The number of nitro groups is 1. The van der Waals surface area contributed by atoms with Crippen molar-refractivity contribution in [2.75, 3.05) is 6.54 Å². The molecule has 0 saturated heterocycles. The third-order valence-electron chi connectivity index (χ3n) is 3.91. The number of amides is 1. The first-order valence-corrected chi connectivity index (χ1v) is 9.01. The second-order valence-electron chi connectivity index (χ2n) is 5.70. The molecule has 2 atom stereocenters. The molecule has 1 heterocycles. The molecular weight excluding hydrogens is 356 g/mol. The first-order valence-electron chi connectivity index (χ1n) is 8.20. The highest BCUT2D eigenvalue weighted by Gasteiger charge is 2.22. The highest BCUT2D eigenvalue weighted by atomic mass is 32.1. The van der Waals surface area contributed by atoms with Crippen molar-refractivity contribution >= 4 is 28.2 Å². The van der Waals surface area contributed by atoms with Crippen LogP contribution < -0.4 is 5.32 Å². The van der Waals surface area contributed by atoms with E-state index < -0.39 is 22.9 Å². The third kappa shape index (κ3) is 5.13. The van der Waals surface area contributed by atoms with Crippen molar-refractivity contribution in [1.82, 2.24) is 5.32 Å². The van der Waals surface area contributed by atoms with Gasteiger partial charge in [-0.25, -0.2) is 4.79 Å². The molecule has 0 unspecified atom stereocenters. The van der Waals surface area contributed by atoms with E-state index in [1.165, 1.54) is 19.1 Å². The quantitative estimate of drug-likeness (QED) is 0.432. The van der Waals surface area contributed by atoms with Crippen LogP contribution in [0.5, 0.6) is 0 Å². The summed E-state index contributed by atoms with van der Waals surface area (Å²) in [7, 11) is 0. The minimum Gasteiger partial charge on any atom is -0.448 e. The SMILES string of the molecule is CC[C@H](CNC(=O)[C@@H](C)OC(=O)c1ccc([N+](=O)[O-])s1)c1ccccc1. The number of carbonyl (C=O) groups is 2. The summed E-state index contributed by atoms with van der Waals surface area (Å²) in [5, 5.41) is 13.3. The summed E-state index contributed by atoms with van der Waals surface area (Å²) >= 11 is 0.717. The molecule has 1 amide bonds. The molecule has 0 bridgehead atoms. The van der Waals surface area contributed by atoms with Gasteiger partial charge >= 0.3 is 11.0 Å². The molecule has 1 N–H and O–H groups in total. The molecule has 0 aliphatic rings. The molecule has 7 nitrogen and oxygen atoms in total. The fourth-order valence-electron chi connectivity index (χ4n) is 2.40. The molecule has 26 heavy (non-hydrogen) atoms. The summed E-state index contributed by atoms with van der Waals surface area (Å²) in [6.45, 7) is 3.95. The van der Waals surface area contributed by atoms with Gasteiger partial charge in [-0.2, -0.15) is 0 Å². The van der Waals surface area contributed by atoms with E-state index in [4.69, 9.17) is 4.74 Å². The molecule has 0 spiro atoms. The van der Waals surface area contributed by atoms with Crippen LogP contribution in [0.2, 0.25) is 0 Å². The number of hydrogen-bond donors (Lipinski definition) is 1. The van der Waals surface area contributed by atoms with Crippen molar-refractivity contribution in [3.8, 4) is 0 Å². The van der Waals surface area contributed by atoms with E-state index in [0.717, 1.165) is 12.0 Å². The van der Waals surface area contributed by atoms with Crippen LogP contribution in [-0.4, -0.2) is 29.4 Å². The molecule has 0 aliphatic carbocycles. The Morgan fingerprint density at radius 2 is 1.92 bits per heavy atom. The minimum absolute atomic E-state index is 0.0899. The Hall–Kier alpha value is -2.74. The number of nitrogens with zero attached hydrogens (tertiary/aromatic N) is 1. The lowest BCUT2D eigenvalue weighted by Gasteiger charge is -2.18. The Morgan fingerprint density at radius 1 is 1.23 bits per heavy atom. The molecular formula is C18H20N2O5S. The molecule has 0 saturated carbocycles. The predicted octanol–water partition coefficient (Wildman–Crippen LogP) is 3.51. The van der Waals surface area contributed by atoms with E-state index >= 15 is 0 Å². The number of carbonyl (C=O) groups excluding carboxylic acids is 2. The largest absolute Gasteiger partial charge is 0.448 e. The Balaban J connectivity index is 1.88. The highest BCUT2D eigenvalue weighted by molar-refractivity contribution is 7.17. The maximum atomic E-state index is 12.2. The fourth-order valence-corrected chi connectivity index (χ4v) is 3.10. The van der Waals surface area contributed by atoms with Gasteiger partial charge in [0.05, 0.1) is 4.92 Å². The van der Waals surface area contributed by atoms with Gasteiger partial charge in [-0.05, 0) is 25.0 Å². The van der Waals surface area contributed by atoms with Crippen molar-refractivity contribution in [1.29, 1.82) is 0 Å². The van der Waals surface area contributed by atoms with Gasteiger partial charge in [-0.3, -0.25) is 14.9 Å². The molecule has 1 aromatic heterocycles. The first kappa shape index (κ1) is 19.6. The Labute approximate surface area is 155 Å². The van der Waals surface area contributed by atoms with Crippen LogP contribution >= 0.6 is 11.3 Å². The highest BCUT2D eigenvalue weighted by Crippen LogP contribution is 2.24. The predicted molar refractivity (Wildman–Crippen MR) is 98.3 cm³/mol. The van der Waals surface area contributed by atoms with Crippen molar-refractivity contribution in [2.24, 2.45) is 0 Å². The first-order chi connectivity index (χ1) is 12.4. The Morgan fingerprint density at radius 3 is 2.50 bits per heavy atom. The van der Waals surface area contributed by atoms with E-state index in [2.05, 4.69) is 5.32 Å². The van der Waals surface area contributed by atoms with E-state index in [0.29, 0.717) is 17.9 Å². The van der Waals surface area contributed by atoms with Crippen molar-refractivity contribution in [2.45, 2.75) is 32.3 Å². The summed E-state index contributed by atoms with van der Waals surface area (Å²) in [5.41, 5.74) is 1.13. The van der Waals surface area contributed by atoms with Gasteiger partial charge in [0.25, 0.3) is 5.91 Å². The standard InChI is InChI=1S/C18H20N2O5S/c1-3-13(14-7-5-4-6-8-14)11-19-17(21)12(2)25-18(22)15-9-10-16(26-15)20(23)24/h4-10,12-13H,3,11H2,1-2H3,(H,19,21)/t12-,13-/m1/s1. The van der Waals surface area contributed by atoms with Gasteiger partial charge < -0.3 is 10.1 Å². The normalized spacial score (nSPS) is 12.8. The maximum absolute atomic E-state index is 12.2. The summed E-state index contributed by atoms with van der Waals surface area (Å²) in [4.78, 5) is 34.4. The molecule has 2 aromatic rings. The second kappa shape index (κ2) is 9.10. The lowest BCUT2D eigenvalue weighted by atomic mass is 9.96. The zero-order valence-electron chi connectivity index (χ0n) is 14.5. The lowest BCUT2D eigenvalue weighted by molar-refractivity contribution is -0.380. The number of ether oxygens (including phenoxy) is 1. The van der Waals surface area contributed by atoms with Gasteiger partial charge in [-0.15, -0.1) is 0 Å². The van der Waals surface area contributed by atoms with E-state index in [1.807, 2.05) is 37.3 Å². The molecule has 2 rings (SSSR count). The van der Waals surface area contributed by atoms with Crippen LogP contribution in [0.1, 0.15) is 41.4 Å². The maximum Gasteiger partial charge on any atom is 0.349 e. The minimum atomic E-state index is -0.989. The van der Waals surface area contributed by atoms with Crippen LogP contribution in [0.15, 0.2) is 42.5 Å². The third-order valence-corrected chi connectivity index (χ3v) is 4.93. The lowest BCUT2D eigenvalue weighted by Crippen LogP contribution is -2.37. The fraction of sp³-hybridized carbons (Fsp3) is 0.333. The molecule has 0 aliphatic heterocycles. The van der Waals surface area contributed by atoms with Crippen molar-refractivity contribution in [3.63, 3.8) is 0 Å². The molecule has 1 aromatic carbocycles. The monoisotopic (exact) mass is 376 g/mol. The zero-order valence-corrected chi connectivity index (χ0v) is 15.3. The summed E-state index contributed by atoms with van der Waals surface area (Å²) in [6, 6.07) is 12.4. The van der Waals surface area contributed by atoms with Crippen LogP contribution in [0, 0.1) is 10.1 Å². The van der Waals surface area contributed by atoms with Crippen molar-refractivity contribution < 1.29 is 19.2 Å². The van der Waals surface area contributed by atoms with Crippen LogP contribution in [0.3, 0.4) is 0 Å². The molecule has 8 heteroatoms. The molecule has 0 fully saturated rings. The summed E-state index contributed by atoms with van der Waals surface area (Å²) < 4.78 is 5.10. The second-order valence-corrected chi connectivity index (χ2v) is 6.77. The molecule has 138 valence electrons. The zero-order chi connectivity index (χ0) is 19.1. The van der Waals surface area contributed by atoms with Gasteiger partial charge in [0, 0.05) is 18.5 Å². The smallest absolute Gasteiger partial charge is 0.349 e. The number of nitrogens with one attached hydrogen (secondary N) is 1. The number of thiophene rings is 1. The Bertz CT molecular complexity index is 775. The van der Waals surface area contributed by atoms with Gasteiger partial charge in [0.15, 0.2) is 6.10 Å². The van der Waals surface area contributed by atoms with Gasteiger partial charge in [0.2, 0.25) is 0 Å². The topological polar surface area (TPSA) is 98.5 Å².